The summed E-state index contributed by atoms with van der Waals surface area (Å²) >= 11 is 5.90. The first-order valence-corrected chi connectivity index (χ1v) is 7.13. The molecule has 0 radical (unpaired) electrons. The van der Waals surface area contributed by atoms with Gasteiger partial charge in [-0.2, -0.15) is 0 Å². The highest BCUT2D eigenvalue weighted by molar-refractivity contribution is 6.30. The largest absolute Gasteiger partial charge is 0.497 e. The molecule has 1 unspecified atom stereocenters. The number of fused-ring (bicyclic) bond motifs is 1. The summed E-state index contributed by atoms with van der Waals surface area (Å²) in [6, 6.07) is 13.6. The van der Waals surface area contributed by atoms with Gasteiger partial charge in [0.1, 0.15) is 5.75 Å². The van der Waals surface area contributed by atoms with Gasteiger partial charge in [0, 0.05) is 11.4 Å². The van der Waals surface area contributed by atoms with Gasteiger partial charge < -0.3 is 9.84 Å². The van der Waals surface area contributed by atoms with Crippen LogP contribution in [0.15, 0.2) is 42.5 Å². The Balaban J connectivity index is 1.93. The van der Waals surface area contributed by atoms with Crippen LogP contribution in [-0.2, 0) is 18.4 Å². The predicted octanol–water partition coefficient (Wildman–Crippen LogP) is 3.73. The summed E-state index contributed by atoms with van der Waals surface area (Å²) in [4.78, 5) is 0. The summed E-state index contributed by atoms with van der Waals surface area (Å²) in [5.74, 6) is 0.792. The van der Waals surface area contributed by atoms with E-state index in [0.717, 1.165) is 29.7 Å². The molecule has 0 aliphatic heterocycles. The molecule has 2 aromatic rings. The minimum Gasteiger partial charge on any atom is -0.497 e. The number of benzene rings is 2. The van der Waals surface area contributed by atoms with Crippen LogP contribution in [0, 0.1) is 0 Å². The van der Waals surface area contributed by atoms with Crippen LogP contribution in [0.3, 0.4) is 0 Å². The number of hydrogen-bond donors (Lipinski definition) is 1. The number of halogens is 1. The fourth-order valence-corrected chi connectivity index (χ4v) is 3.06. The minimum absolute atomic E-state index is 0.602. The first kappa shape index (κ1) is 13.5. The highest BCUT2D eigenvalue weighted by Crippen LogP contribution is 2.41. The smallest absolute Gasteiger partial charge is 0.119 e. The molecule has 3 heteroatoms. The standard InChI is InChI=1S/C17H17ClO2/c1-20-15-7-4-13-8-9-17(19,16(13)10-15)11-12-2-5-14(18)6-3-12/h2-7,10,19H,8-9,11H2,1H3. The van der Waals surface area contributed by atoms with E-state index in [9.17, 15) is 5.11 Å². The van der Waals surface area contributed by atoms with E-state index in [2.05, 4.69) is 0 Å². The number of methoxy groups -OCH3 is 1. The number of hydrogen-bond acceptors (Lipinski definition) is 2. The number of aryl methyl sites for hydroxylation is 1. The topological polar surface area (TPSA) is 29.5 Å². The van der Waals surface area contributed by atoms with Crippen molar-refractivity contribution in [2.24, 2.45) is 0 Å². The van der Waals surface area contributed by atoms with Gasteiger partial charge >= 0.3 is 0 Å². The minimum atomic E-state index is -0.808. The van der Waals surface area contributed by atoms with Crippen molar-refractivity contribution in [2.45, 2.75) is 24.9 Å². The Morgan fingerprint density at radius 1 is 1.20 bits per heavy atom. The lowest BCUT2D eigenvalue weighted by molar-refractivity contribution is 0.0388. The molecule has 0 fully saturated rings. The van der Waals surface area contributed by atoms with E-state index in [1.807, 2.05) is 42.5 Å². The van der Waals surface area contributed by atoms with Crippen molar-refractivity contribution < 1.29 is 9.84 Å². The highest BCUT2D eigenvalue weighted by atomic mass is 35.5. The van der Waals surface area contributed by atoms with Crippen molar-refractivity contribution in [1.29, 1.82) is 0 Å². The second-order valence-electron chi connectivity index (χ2n) is 5.36. The summed E-state index contributed by atoms with van der Waals surface area (Å²) in [5.41, 5.74) is 2.49. The van der Waals surface area contributed by atoms with E-state index in [4.69, 9.17) is 16.3 Å². The molecule has 0 saturated carbocycles. The number of ether oxygens (including phenoxy) is 1. The van der Waals surface area contributed by atoms with E-state index >= 15 is 0 Å². The third kappa shape index (κ3) is 2.41. The molecule has 1 aliphatic rings. The van der Waals surface area contributed by atoms with Crippen molar-refractivity contribution in [2.75, 3.05) is 7.11 Å². The molecule has 104 valence electrons. The van der Waals surface area contributed by atoms with Gasteiger partial charge in [0.25, 0.3) is 0 Å². The van der Waals surface area contributed by atoms with Crippen molar-refractivity contribution in [3.8, 4) is 5.75 Å². The molecule has 0 bridgehead atoms. The number of rotatable bonds is 3. The maximum Gasteiger partial charge on any atom is 0.119 e. The maximum atomic E-state index is 11.0. The van der Waals surface area contributed by atoms with Crippen LogP contribution in [0.25, 0.3) is 0 Å². The van der Waals surface area contributed by atoms with Gasteiger partial charge in [-0.25, -0.2) is 0 Å². The van der Waals surface area contributed by atoms with E-state index in [-0.39, 0.29) is 0 Å². The van der Waals surface area contributed by atoms with Crippen molar-refractivity contribution in [1.82, 2.24) is 0 Å². The lowest BCUT2D eigenvalue weighted by Gasteiger charge is -2.24. The zero-order chi connectivity index (χ0) is 14.2. The van der Waals surface area contributed by atoms with Crippen LogP contribution in [0.1, 0.15) is 23.1 Å². The van der Waals surface area contributed by atoms with Gasteiger partial charge in [0.2, 0.25) is 0 Å². The van der Waals surface area contributed by atoms with Crippen molar-refractivity contribution in [3.05, 3.63) is 64.2 Å². The van der Waals surface area contributed by atoms with Gasteiger partial charge in [0.05, 0.1) is 12.7 Å². The van der Waals surface area contributed by atoms with Crippen LogP contribution in [0.4, 0.5) is 0 Å². The molecule has 1 aliphatic carbocycles. The number of aliphatic hydroxyl groups is 1. The molecule has 0 aromatic heterocycles. The second kappa shape index (κ2) is 5.12. The van der Waals surface area contributed by atoms with Crippen LogP contribution >= 0.6 is 11.6 Å². The van der Waals surface area contributed by atoms with Gasteiger partial charge in [-0.3, -0.25) is 0 Å². The van der Waals surface area contributed by atoms with Gasteiger partial charge in [0.15, 0.2) is 0 Å². The summed E-state index contributed by atoms with van der Waals surface area (Å²) < 4.78 is 5.27. The lowest BCUT2D eigenvalue weighted by Crippen LogP contribution is -2.25. The summed E-state index contributed by atoms with van der Waals surface area (Å²) in [6.45, 7) is 0. The zero-order valence-electron chi connectivity index (χ0n) is 11.4. The second-order valence-corrected chi connectivity index (χ2v) is 5.79. The first-order chi connectivity index (χ1) is 9.60. The molecule has 0 amide bonds. The van der Waals surface area contributed by atoms with E-state index in [1.54, 1.807) is 7.11 Å². The SMILES string of the molecule is COc1ccc2c(c1)C(O)(Cc1ccc(Cl)cc1)CC2. The monoisotopic (exact) mass is 288 g/mol. The van der Waals surface area contributed by atoms with Crippen molar-refractivity contribution in [3.63, 3.8) is 0 Å². The normalized spacial score (nSPS) is 20.8. The molecule has 1 atom stereocenters. The Kier molecular flexibility index (Phi) is 3.45. The molecule has 0 heterocycles. The Morgan fingerprint density at radius 2 is 1.95 bits per heavy atom. The molecule has 2 nitrogen and oxygen atoms in total. The molecular formula is C17H17ClO2. The lowest BCUT2D eigenvalue weighted by atomic mass is 9.88. The van der Waals surface area contributed by atoms with Gasteiger partial charge in [-0.05, 0) is 53.8 Å². The molecule has 0 saturated heterocycles. The summed E-state index contributed by atoms with van der Waals surface area (Å²) in [7, 11) is 1.65. The molecule has 20 heavy (non-hydrogen) atoms. The highest BCUT2D eigenvalue weighted by Gasteiger charge is 2.36. The van der Waals surface area contributed by atoms with E-state index in [1.165, 1.54) is 5.56 Å². The van der Waals surface area contributed by atoms with Gasteiger partial charge in [-0.15, -0.1) is 0 Å². The van der Waals surface area contributed by atoms with Crippen LogP contribution in [-0.4, -0.2) is 12.2 Å². The van der Waals surface area contributed by atoms with Crippen molar-refractivity contribution >= 4 is 11.6 Å². The average Bonchev–Trinajstić information content (AvgIpc) is 2.78. The van der Waals surface area contributed by atoms with E-state index in [0.29, 0.717) is 11.4 Å². The Morgan fingerprint density at radius 3 is 2.65 bits per heavy atom. The Hall–Kier alpha value is -1.51. The summed E-state index contributed by atoms with van der Waals surface area (Å²) in [6.07, 6.45) is 2.26. The first-order valence-electron chi connectivity index (χ1n) is 6.75. The van der Waals surface area contributed by atoms with Gasteiger partial charge in [-0.1, -0.05) is 29.8 Å². The quantitative estimate of drug-likeness (QED) is 0.933. The molecule has 3 rings (SSSR count). The third-order valence-electron chi connectivity index (χ3n) is 4.04. The zero-order valence-corrected chi connectivity index (χ0v) is 12.2. The van der Waals surface area contributed by atoms with Crippen LogP contribution < -0.4 is 4.74 Å². The summed E-state index contributed by atoms with van der Waals surface area (Å²) in [5, 5.41) is 11.7. The fraction of sp³-hybridized carbons (Fsp3) is 0.294. The molecule has 2 aromatic carbocycles. The average molecular weight is 289 g/mol. The predicted molar refractivity (Wildman–Crippen MR) is 80.4 cm³/mol. The maximum absolute atomic E-state index is 11.0. The van der Waals surface area contributed by atoms with Crippen LogP contribution in [0.2, 0.25) is 5.02 Å². The molecule has 1 N–H and O–H groups in total. The third-order valence-corrected chi connectivity index (χ3v) is 4.29. The Labute approximate surface area is 124 Å². The fourth-order valence-electron chi connectivity index (χ4n) is 2.93. The van der Waals surface area contributed by atoms with E-state index < -0.39 is 5.60 Å². The molecule has 0 spiro atoms. The molecular weight excluding hydrogens is 272 g/mol. The Bertz CT molecular complexity index is 621. The van der Waals surface area contributed by atoms with Crippen LogP contribution in [0.5, 0.6) is 5.75 Å².